The Morgan fingerprint density at radius 1 is 1.55 bits per heavy atom. The van der Waals surface area contributed by atoms with Crippen LogP contribution in [0.25, 0.3) is 0 Å². The molecule has 0 fully saturated rings. The fourth-order valence-electron chi connectivity index (χ4n) is 0.568. The molecule has 0 aromatic carbocycles. The molecule has 0 bridgehead atoms. The van der Waals surface area contributed by atoms with Crippen LogP contribution in [0.1, 0.15) is 20.3 Å². The first-order chi connectivity index (χ1) is 5.31. The first-order valence-corrected chi connectivity index (χ1v) is 3.97. The van der Waals surface area contributed by atoms with Crippen molar-refractivity contribution in [2.45, 2.75) is 20.3 Å². The average molecular weight is 151 g/mol. The molecule has 0 atom stereocenters. The Morgan fingerprint density at radius 3 is 2.82 bits per heavy atom. The minimum atomic E-state index is 0.878. The molecule has 0 aliphatic carbocycles. The molecular formula is C10H17N. The largest absolute Gasteiger partial charge is 0.387 e. The molecule has 0 radical (unpaired) electrons. The summed E-state index contributed by atoms with van der Waals surface area (Å²) < 4.78 is 0. The van der Waals surface area contributed by atoms with Crippen LogP contribution in [-0.2, 0) is 0 Å². The standard InChI is InChI=1S/C10H17N/c1-4-6-7-8-11-9-10(3)5-2/h4,6-7,9,11H,1,5,8H2,2-3H3/b7-6-,10-9+. The van der Waals surface area contributed by atoms with Gasteiger partial charge in [0.05, 0.1) is 0 Å². The fourth-order valence-corrected chi connectivity index (χ4v) is 0.568. The predicted octanol–water partition coefficient (Wildman–Crippen LogP) is 2.63. The van der Waals surface area contributed by atoms with E-state index in [2.05, 4.69) is 25.7 Å². The summed E-state index contributed by atoms with van der Waals surface area (Å²) in [4.78, 5) is 0. The molecule has 0 amide bonds. The van der Waals surface area contributed by atoms with Gasteiger partial charge in [-0.2, -0.15) is 0 Å². The Balaban J connectivity index is 3.40. The van der Waals surface area contributed by atoms with Gasteiger partial charge in [0, 0.05) is 6.54 Å². The van der Waals surface area contributed by atoms with Crippen molar-refractivity contribution in [2.24, 2.45) is 0 Å². The van der Waals surface area contributed by atoms with Crippen molar-refractivity contribution in [3.63, 3.8) is 0 Å². The van der Waals surface area contributed by atoms with Crippen molar-refractivity contribution >= 4 is 0 Å². The molecule has 0 spiro atoms. The SMILES string of the molecule is C=C/C=C\CN/C=C(\C)CC. The molecule has 0 rings (SSSR count). The molecule has 0 aliphatic heterocycles. The predicted molar refractivity (Wildman–Crippen MR) is 51.4 cm³/mol. The van der Waals surface area contributed by atoms with Crippen molar-refractivity contribution < 1.29 is 0 Å². The van der Waals surface area contributed by atoms with E-state index in [1.165, 1.54) is 5.57 Å². The maximum Gasteiger partial charge on any atom is 0.0328 e. The molecule has 0 aromatic heterocycles. The van der Waals surface area contributed by atoms with E-state index in [1.54, 1.807) is 6.08 Å². The van der Waals surface area contributed by atoms with Gasteiger partial charge >= 0.3 is 0 Å². The van der Waals surface area contributed by atoms with E-state index in [1.807, 2.05) is 18.4 Å². The highest BCUT2D eigenvalue weighted by Crippen LogP contribution is 1.93. The zero-order valence-electron chi connectivity index (χ0n) is 7.43. The van der Waals surface area contributed by atoms with E-state index in [0.717, 1.165) is 13.0 Å². The summed E-state index contributed by atoms with van der Waals surface area (Å²) in [7, 11) is 0. The van der Waals surface area contributed by atoms with Gasteiger partial charge in [-0.15, -0.1) is 0 Å². The molecule has 1 nitrogen and oxygen atoms in total. The molecule has 0 aromatic rings. The Morgan fingerprint density at radius 2 is 2.27 bits per heavy atom. The van der Waals surface area contributed by atoms with Gasteiger partial charge in [0.25, 0.3) is 0 Å². The van der Waals surface area contributed by atoms with E-state index in [-0.39, 0.29) is 0 Å². The Kier molecular flexibility index (Phi) is 6.50. The van der Waals surface area contributed by atoms with Crippen LogP contribution in [0, 0.1) is 0 Å². The van der Waals surface area contributed by atoms with Crippen LogP contribution in [0.4, 0.5) is 0 Å². The second-order valence-electron chi connectivity index (χ2n) is 2.42. The number of rotatable bonds is 5. The number of allylic oxidation sites excluding steroid dienone is 3. The molecule has 0 saturated heterocycles. The van der Waals surface area contributed by atoms with Gasteiger partial charge in [0.15, 0.2) is 0 Å². The smallest absolute Gasteiger partial charge is 0.0328 e. The lowest BCUT2D eigenvalue weighted by Crippen LogP contribution is -2.04. The summed E-state index contributed by atoms with van der Waals surface area (Å²) in [5.74, 6) is 0. The number of hydrogen-bond donors (Lipinski definition) is 1. The molecule has 0 unspecified atom stereocenters. The molecular weight excluding hydrogens is 134 g/mol. The summed E-state index contributed by atoms with van der Waals surface area (Å²) in [5.41, 5.74) is 1.37. The van der Waals surface area contributed by atoms with E-state index in [9.17, 15) is 0 Å². The van der Waals surface area contributed by atoms with E-state index in [4.69, 9.17) is 0 Å². The minimum Gasteiger partial charge on any atom is -0.387 e. The zero-order valence-corrected chi connectivity index (χ0v) is 7.43. The molecule has 11 heavy (non-hydrogen) atoms. The van der Waals surface area contributed by atoms with E-state index >= 15 is 0 Å². The van der Waals surface area contributed by atoms with Gasteiger partial charge in [-0.05, 0) is 19.5 Å². The second-order valence-corrected chi connectivity index (χ2v) is 2.42. The first kappa shape index (κ1) is 10.0. The van der Waals surface area contributed by atoms with Crippen LogP contribution in [0.15, 0.2) is 36.6 Å². The van der Waals surface area contributed by atoms with Crippen LogP contribution >= 0.6 is 0 Å². The molecule has 1 N–H and O–H groups in total. The molecule has 62 valence electrons. The van der Waals surface area contributed by atoms with Crippen LogP contribution in [-0.4, -0.2) is 6.54 Å². The summed E-state index contributed by atoms with van der Waals surface area (Å²) in [6, 6.07) is 0. The topological polar surface area (TPSA) is 12.0 Å². The highest BCUT2D eigenvalue weighted by atomic mass is 14.8. The van der Waals surface area contributed by atoms with Gasteiger partial charge in [0.2, 0.25) is 0 Å². The van der Waals surface area contributed by atoms with Crippen molar-refractivity contribution in [1.82, 2.24) is 5.32 Å². The third-order valence-electron chi connectivity index (χ3n) is 1.41. The van der Waals surface area contributed by atoms with Crippen LogP contribution in [0.2, 0.25) is 0 Å². The zero-order chi connectivity index (χ0) is 8.53. The minimum absolute atomic E-state index is 0.878. The normalized spacial score (nSPS) is 12.0. The van der Waals surface area contributed by atoms with Crippen LogP contribution in [0.5, 0.6) is 0 Å². The molecule has 0 aliphatic rings. The van der Waals surface area contributed by atoms with Crippen molar-refractivity contribution in [3.8, 4) is 0 Å². The highest BCUT2D eigenvalue weighted by molar-refractivity contribution is 5.00. The fraction of sp³-hybridized carbons (Fsp3) is 0.400. The first-order valence-electron chi connectivity index (χ1n) is 3.97. The van der Waals surface area contributed by atoms with Gasteiger partial charge in [-0.1, -0.05) is 37.3 Å². The van der Waals surface area contributed by atoms with Crippen LogP contribution in [0.3, 0.4) is 0 Å². The maximum atomic E-state index is 3.58. The summed E-state index contributed by atoms with van der Waals surface area (Å²) >= 11 is 0. The van der Waals surface area contributed by atoms with Crippen molar-refractivity contribution in [1.29, 1.82) is 0 Å². The number of nitrogens with one attached hydrogen (secondary N) is 1. The Labute approximate surface area is 69.5 Å². The monoisotopic (exact) mass is 151 g/mol. The van der Waals surface area contributed by atoms with Crippen LogP contribution < -0.4 is 5.32 Å². The van der Waals surface area contributed by atoms with Gasteiger partial charge in [-0.3, -0.25) is 0 Å². The quantitative estimate of drug-likeness (QED) is 0.470. The Hall–Kier alpha value is -0.980. The average Bonchev–Trinajstić information content (AvgIpc) is 2.04. The lowest BCUT2D eigenvalue weighted by atomic mass is 10.2. The second kappa shape index (κ2) is 7.13. The summed E-state index contributed by atoms with van der Waals surface area (Å²) in [6.07, 6.45) is 8.90. The lowest BCUT2D eigenvalue weighted by molar-refractivity contribution is 0.944. The highest BCUT2D eigenvalue weighted by Gasteiger charge is 1.79. The third-order valence-corrected chi connectivity index (χ3v) is 1.41. The van der Waals surface area contributed by atoms with Crippen molar-refractivity contribution in [2.75, 3.05) is 6.54 Å². The summed E-state index contributed by atoms with van der Waals surface area (Å²) in [6.45, 7) is 8.72. The molecule has 0 saturated carbocycles. The van der Waals surface area contributed by atoms with Gasteiger partial charge < -0.3 is 5.32 Å². The van der Waals surface area contributed by atoms with Gasteiger partial charge in [-0.25, -0.2) is 0 Å². The molecule has 0 heterocycles. The van der Waals surface area contributed by atoms with Crippen molar-refractivity contribution in [3.05, 3.63) is 36.6 Å². The lowest BCUT2D eigenvalue weighted by Gasteiger charge is -1.96. The van der Waals surface area contributed by atoms with E-state index in [0.29, 0.717) is 0 Å². The Bertz CT molecular complexity index is 154. The van der Waals surface area contributed by atoms with Gasteiger partial charge in [0.1, 0.15) is 0 Å². The summed E-state index contributed by atoms with van der Waals surface area (Å²) in [5, 5.41) is 3.17. The number of hydrogen-bond acceptors (Lipinski definition) is 1. The molecule has 1 heteroatoms. The van der Waals surface area contributed by atoms with E-state index < -0.39 is 0 Å². The third kappa shape index (κ3) is 6.91. The maximum absolute atomic E-state index is 3.58.